The summed E-state index contributed by atoms with van der Waals surface area (Å²) in [6.07, 6.45) is 7.61. The number of hydrogen-bond donors (Lipinski definition) is 2. The molecule has 0 spiro atoms. The van der Waals surface area contributed by atoms with E-state index in [4.69, 9.17) is 4.74 Å². The average molecular weight is 295 g/mol. The lowest BCUT2D eigenvalue weighted by Gasteiger charge is -2.29. The van der Waals surface area contributed by atoms with Crippen molar-refractivity contribution in [3.8, 4) is 0 Å². The summed E-state index contributed by atoms with van der Waals surface area (Å²) in [5, 5.41) is 17.4. The third-order valence-corrected chi connectivity index (χ3v) is 4.40. The van der Waals surface area contributed by atoms with Crippen molar-refractivity contribution in [1.29, 1.82) is 0 Å². The van der Waals surface area contributed by atoms with Crippen molar-refractivity contribution >= 4 is 0 Å². The van der Waals surface area contributed by atoms with Crippen LogP contribution in [0.25, 0.3) is 0 Å². The summed E-state index contributed by atoms with van der Waals surface area (Å²) in [4.78, 5) is 0. The fourth-order valence-electron chi connectivity index (χ4n) is 2.96. The zero-order valence-corrected chi connectivity index (χ0v) is 13.3. The lowest BCUT2D eigenvalue weighted by atomic mass is 9.88. The van der Waals surface area contributed by atoms with Gasteiger partial charge in [0.2, 0.25) is 0 Å². The van der Waals surface area contributed by atoms with Crippen LogP contribution in [-0.4, -0.2) is 46.8 Å². The van der Waals surface area contributed by atoms with Crippen LogP contribution in [0.4, 0.5) is 0 Å². The number of aryl methyl sites for hydroxylation is 1. The van der Waals surface area contributed by atoms with Gasteiger partial charge < -0.3 is 15.2 Å². The standard InChI is InChI=1S/C16H29N3O2/c1-13-5-3-4-6-16(13)21-12-15(20)11-17-9-7-14-8-10-18-19(14)2/h8,10,13,15-17,20H,3-7,9,11-12H2,1-2H3. The molecule has 3 atom stereocenters. The minimum absolute atomic E-state index is 0.336. The van der Waals surface area contributed by atoms with Crippen LogP contribution in [-0.2, 0) is 18.2 Å². The lowest BCUT2D eigenvalue weighted by Crippen LogP contribution is -2.35. The number of aliphatic hydroxyl groups excluding tert-OH is 1. The predicted octanol–water partition coefficient (Wildman–Crippen LogP) is 1.51. The normalized spacial score (nSPS) is 24.1. The zero-order chi connectivity index (χ0) is 15.1. The Balaban J connectivity index is 1.55. The van der Waals surface area contributed by atoms with Crippen molar-refractivity contribution in [1.82, 2.24) is 15.1 Å². The molecule has 2 rings (SSSR count). The number of aromatic nitrogens is 2. The number of aliphatic hydroxyl groups is 1. The average Bonchev–Trinajstić information content (AvgIpc) is 2.88. The maximum Gasteiger partial charge on any atom is 0.0897 e. The number of ether oxygens (including phenoxy) is 1. The summed E-state index contributed by atoms with van der Waals surface area (Å²) < 4.78 is 7.76. The molecule has 1 aromatic heterocycles. The van der Waals surface area contributed by atoms with E-state index in [0.717, 1.165) is 19.4 Å². The Morgan fingerprint density at radius 3 is 3.00 bits per heavy atom. The van der Waals surface area contributed by atoms with Gasteiger partial charge >= 0.3 is 0 Å². The third-order valence-electron chi connectivity index (χ3n) is 4.40. The van der Waals surface area contributed by atoms with Gasteiger partial charge in [0.25, 0.3) is 0 Å². The van der Waals surface area contributed by atoms with E-state index in [1.165, 1.54) is 25.0 Å². The van der Waals surface area contributed by atoms with Gasteiger partial charge in [0.1, 0.15) is 0 Å². The minimum atomic E-state index is -0.425. The second kappa shape index (κ2) is 8.51. The summed E-state index contributed by atoms with van der Waals surface area (Å²) in [6.45, 7) is 4.12. The molecule has 5 heteroatoms. The van der Waals surface area contributed by atoms with Gasteiger partial charge in [-0.1, -0.05) is 19.8 Å². The van der Waals surface area contributed by atoms with E-state index in [0.29, 0.717) is 25.2 Å². The molecule has 120 valence electrons. The Morgan fingerprint density at radius 1 is 1.48 bits per heavy atom. The second-order valence-corrected chi connectivity index (χ2v) is 6.19. The molecular weight excluding hydrogens is 266 g/mol. The maximum atomic E-state index is 9.97. The monoisotopic (exact) mass is 295 g/mol. The van der Waals surface area contributed by atoms with Crippen LogP contribution >= 0.6 is 0 Å². The molecule has 0 amide bonds. The number of hydrogen-bond acceptors (Lipinski definition) is 4. The molecule has 1 heterocycles. The molecule has 0 bridgehead atoms. The highest BCUT2D eigenvalue weighted by Crippen LogP contribution is 2.26. The Morgan fingerprint density at radius 2 is 2.29 bits per heavy atom. The molecule has 0 aliphatic heterocycles. The molecule has 21 heavy (non-hydrogen) atoms. The highest BCUT2D eigenvalue weighted by molar-refractivity contribution is 5.00. The van der Waals surface area contributed by atoms with E-state index >= 15 is 0 Å². The summed E-state index contributed by atoms with van der Waals surface area (Å²) in [5.41, 5.74) is 1.20. The van der Waals surface area contributed by atoms with Crippen molar-refractivity contribution in [2.45, 2.75) is 51.2 Å². The summed E-state index contributed by atoms with van der Waals surface area (Å²) in [5.74, 6) is 0.628. The van der Waals surface area contributed by atoms with Gasteiger partial charge in [0.05, 0.1) is 18.8 Å². The molecule has 3 unspecified atom stereocenters. The molecule has 0 aromatic carbocycles. The molecule has 0 saturated heterocycles. The summed E-state index contributed by atoms with van der Waals surface area (Å²) in [7, 11) is 1.95. The Kier molecular flexibility index (Phi) is 6.67. The van der Waals surface area contributed by atoms with Crippen LogP contribution in [0.5, 0.6) is 0 Å². The SMILES string of the molecule is CC1CCCCC1OCC(O)CNCCc1ccnn1C. The van der Waals surface area contributed by atoms with Crippen molar-refractivity contribution in [3.05, 3.63) is 18.0 Å². The molecular formula is C16H29N3O2. The smallest absolute Gasteiger partial charge is 0.0897 e. The van der Waals surface area contributed by atoms with E-state index in [-0.39, 0.29) is 0 Å². The Bertz CT molecular complexity index is 408. The topological polar surface area (TPSA) is 59.3 Å². The fraction of sp³-hybridized carbons (Fsp3) is 0.812. The highest BCUT2D eigenvalue weighted by atomic mass is 16.5. The van der Waals surface area contributed by atoms with Crippen molar-refractivity contribution in [3.63, 3.8) is 0 Å². The van der Waals surface area contributed by atoms with Gasteiger partial charge in [-0.05, 0) is 24.8 Å². The van der Waals surface area contributed by atoms with Gasteiger partial charge in [-0.15, -0.1) is 0 Å². The Labute approximate surface area is 127 Å². The molecule has 5 nitrogen and oxygen atoms in total. The van der Waals surface area contributed by atoms with E-state index in [9.17, 15) is 5.11 Å². The molecule has 1 fully saturated rings. The van der Waals surface area contributed by atoms with E-state index < -0.39 is 6.10 Å². The lowest BCUT2D eigenvalue weighted by molar-refractivity contribution is -0.0450. The van der Waals surface area contributed by atoms with Gasteiger partial charge in [0.15, 0.2) is 0 Å². The first kappa shape index (κ1) is 16.5. The molecule has 2 N–H and O–H groups in total. The van der Waals surface area contributed by atoms with Crippen molar-refractivity contribution in [2.24, 2.45) is 13.0 Å². The van der Waals surface area contributed by atoms with Crippen LogP contribution in [0.2, 0.25) is 0 Å². The summed E-state index contributed by atoms with van der Waals surface area (Å²) in [6, 6.07) is 2.02. The van der Waals surface area contributed by atoms with E-state index in [2.05, 4.69) is 17.3 Å². The van der Waals surface area contributed by atoms with Gasteiger partial charge in [-0.3, -0.25) is 4.68 Å². The molecule has 1 aliphatic carbocycles. The highest BCUT2D eigenvalue weighted by Gasteiger charge is 2.22. The third kappa shape index (κ3) is 5.41. The van der Waals surface area contributed by atoms with Crippen LogP contribution < -0.4 is 5.32 Å². The quantitative estimate of drug-likeness (QED) is 0.714. The Hall–Kier alpha value is -0.910. The maximum absolute atomic E-state index is 9.97. The van der Waals surface area contributed by atoms with Gasteiger partial charge in [0, 0.05) is 38.4 Å². The van der Waals surface area contributed by atoms with Crippen LogP contribution in [0.3, 0.4) is 0 Å². The van der Waals surface area contributed by atoms with E-state index in [1.807, 2.05) is 24.0 Å². The summed E-state index contributed by atoms with van der Waals surface area (Å²) >= 11 is 0. The molecule has 1 aliphatic rings. The minimum Gasteiger partial charge on any atom is -0.389 e. The zero-order valence-electron chi connectivity index (χ0n) is 13.3. The van der Waals surface area contributed by atoms with Crippen LogP contribution in [0.1, 0.15) is 38.3 Å². The van der Waals surface area contributed by atoms with Crippen molar-refractivity contribution in [2.75, 3.05) is 19.7 Å². The molecule has 0 radical (unpaired) electrons. The fourth-order valence-corrected chi connectivity index (χ4v) is 2.96. The van der Waals surface area contributed by atoms with Crippen LogP contribution in [0.15, 0.2) is 12.3 Å². The van der Waals surface area contributed by atoms with Gasteiger partial charge in [-0.25, -0.2) is 0 Å². The first-order valence-corrected chi connectivity index (χ1v) is 8.14. The number of nitrogens with zero attached hydrogens (tertiary/aromatic N) is 2. The van der Waals surface area contributed by atoms with E-state index in [1.54, 1.807) is 0 Å². The first-order valence-electron chi connectivity index (χ1n) is 8.14. The number of rotatable bonds is 8. The molecule has 1 saturated carbocycles. The number of nitrogens with one attached hydrogen (secondary N) is 1. The molecule has 1 aromatic rings. The second-order valence-electron chi connectivity index (χ2n) is 6.19. The largest absolute Gasteiger partial charge is 0.389 e. The predicted molar refractivity (Wildman–Crippen MR) is 83.2 cm³/mol. The van der Waals surface area contributed by atoms with Crippen molar-refractivity contribution < 1.29 is 9.84 Å². The van der Waals surface area contributed by atoms with Crippen LogP contribution in [0, 0.1) is 5.92 Å². The first-order chi connectivity index (χ1) is 10.2. The van der Waals surface area contributed by atoms with Gasteiger partial charge in [-0.2, -0.15) is 5.10 Å².